The lowest BCUT2D eigenvalue weighted by Gasteiger charge is -2.14. The van der Waals surface area contributed by atoms with Gasteiger partial charge in [-0.1, -0.05) is 0 Å². The first-order valence-electron chi connectivity index (χ1n) is 8.63. The van der Waals surface area contributed by atoms with Crippen molar-refractivity contribution in [2.45, 2.75) is 19.8 Å². The maximum Gasteiger partial charge on any atom is 0.252 e. The number of aromatic nitrogens is 3. The van der Waals surface area contributed by atoms with E-state index in [1.807, 2.05) is 0 Å². The molecule has 27 heavy (non-hydrogen) atoms. The van der Waals surface area contributed by atoms with Crippen molar-refractivity contribution in [2.24, 2.45) is 11.7 Å². The quantitative estimate of drug-likeness (QED) is 0.694. The largest absolute Gasteiger partial charge is 0.494 e. The number of nitrogens with one attached hydrogen (secondary N) is 1. The van der Waals surface area contributed by atoms with E-state index in [0.29, 0.717) is 51.8 Å². The first kappa shape index (κ1) is 17.3. The molecule has 0 saturated heterocycles. The van der Waals surface area contributed by atoms with Crippen LogP contribution < -0.4 is 15.2 Å². The molecule has 1 fully saturated rings. The third kappa shape index (κ3) is 3.07. The van der Waals surface area contributed by atoms with Gasteiger partial charge < -0.3 is 20.2 Å². The Morgan fingerprint density at radius 1 is 1.33 bits per heavy atom. The summed E-state index contributed by atoms with van der Waals surface area (Å²) in [5.41, 5.74) is 8.38. The number of halogens is 1. The van der Waals surface area contributed by atoms with Gasteiger partial charge in [-0.25, -0.2) is 14.4 Å². The summed E-state index contributed by atoms with van der Waals surface area (Å²) in [6.07, 6.45) is 3.57. The number of hydrogen-bond donors (Lipinski definition) is 2. The summed E-state index contributed by atoms with van der Waals surface area (Å²) in [5, 5.41) is 0. The zero-order chi connectivity index (χ0) is 19.1. The van der Waals surface area contributed by atoms with Crippen molar-refractivity contribution in [3.05, 3.63) is 35.5 Å². The Morgan fingerprint density at radius 3 is 2.78 bits per heavy atom. The van der Waals surface area contributed by atoms with Gasteiger partial charge in [0.05, 0.1) is 24.8 Å². The van der Waals surface area contributed by atoms with Gasteiger partial charge in [-0.15, -0.1) is 0 Å². The van der Waals surface area contributed by atoms with Crippen LogP contribution in [0.15, 0.2) is 18.5 Å². The van der Waals surface area contributed by atoms with Crippen LogP contribution in [0.5, 0.6) is 11.5 Å². The lowest BCUT2D eigenvalue weighted by Crippen LogP contribution is -2.12. The molecule has 3 aromatic rings. The summed E-state index contributed by atoms with van der Waals surface area (Å²) in [6, 6.07) is 2.84. The zero-order valence-corrected chi connectivity index (χ0v) is 15.0. The molecule has 1 saturated carbocycles. The van der Waals surface area contributed by atoms with Gasteiger partial charge >= 0.3 is 0 Å². The van der Waals surface area contributed by atoms with Crippen molar-refractivity contribution in [3.8, 4) is 22.8 Å². The molecule has 2 aromatic heterocycles. The minimum absolute atomic E-state index is 0.0777. The number of carbonyl (C=O) groups is 1. The summed E-state index contributed by atoms with van der Waals surface area (Å²) >= 11 is 0. The smallest absolute Gasteiger partial charge is 0.252 e. The van der Waals surface area contributed by atoms with Crippen molar-refractivity contribution in [1.29, 1.82) is 0 Å². The first-order valence-corrected chi connectivity index (χ1v) is 8.63. The van der Waals surface area contributed by atoms with Gasteiger partial charge in [0.1, 0.15) is 23.3 Å². The number of primary amides is 1. The van der Waals surface area contributed by atoms with E-state index in [9.17, 15) is 9.18 Å². The summed E-state index contributed by atoms with van der Waals surface area (Å²) < 4.78 is 25.3. The highest BCUT2D eigenvalue weighted by molar-refractivity contribution is 6.08. The van der Waals surface area contributed by atoms with E-state index in [4.69, 9.17) is 15.2 Å². The van der Waals surface area contributed by atoms with E-state index in [2.05, 4.69) is 15.0 Å². The van der Waals surface area contributed by atoms with Crippen LogP contribution in [0, 0.1) is 18.7 Å². The number of fused-ring (bicyclic) bond motifs is 1. The van der Waals surface area contributed by atoms with E-state index in [1.165, 1.54) is 19.5 Å². The third-order valence-corrected chi connectivity index (χ3v) is 4.70. The molecule has 1 aliphatic carbocycles. The van der Waals surface area contributed by atoms with Gasteiger partial charge in [-0.05, 0) is 31.7 Å². The summed E-state index contributed by atoms with van der Waals surface area (Å²) in [5.74, 6) is -0.146. The lowest BCUT2D eigenvalue weighted by molar-refractivity contribution is 0.100. The van der Waals surface area contributed by atoms with Crippen LogP contribution in [0.25, 0.3) is 22.3 Å². The predicted octanol–water partition coefficient (Wildman–Crippen LogP) is 2.97. The molecular weight excluding hydrogens is 351 g/mol. The van der Waals surface area contributed by atoms with Gasteiger partial charge in [-0.3, -0.25) is 4.79 Å². The van der Waals surface area contributed by atoms with Gasteiger partial charge in [-0.2, -0.15) is 0 Å². The number of nitrogens with zero attached hydrogens (tertiary/aromatic N) is 2. The lowest BCUT2D eigenvalue weighted by atomic mass is 10.1. The number of aryl methyl sites for hydroxylation is 1. The van der Waals surface area contributed by atoms with E-state index in [-0.39, 0.29) is 5.75 Å². The Bertz CT molecular complexity index is 1040. The Labute approximate surface area is 154 Å². The van der Waals surface area contributed by atoms with E-state index in [0.717, 1.165) is 12.8 Å². The van der Waals surface area contributed by atoms with Crippen molar-refractivity contribution >= 4 is 16.9 Å². The number of amides is 1. The SMILES string of the molecule is COc1cc(-c2ncnc3c(C(N)=O)c(C)[nH]c23)c(OCC2CC2)cc1F. The molecule has 0 atom stereocenters. The van der Waals surface area contributed by atoms with Crippen LogP contribution in [0.1, 0.15) is 28.9 Å². The molecule has 1 aromatic carbocycles. The van der Waals surface area contributed by atoms with E-state index in [1.54, 1.807) is 13.0 Å². The maximum atomic E-state index is 14.3. The zero-order valence-electron chi connectivity index (χ0n) is 15.0. The van der Waals surface area contributed by atoms with Crippen LogP contribution in [-0.2, 0) is 0 Å². The number of hydrogen-bond acceptors (Lipinski definition) is 5. The van der Waals surface area contributed by atoms with Crippen LogP contribution in [0.2, 0.25) is 0 Å². The highest BCUT2D eigenvalue weighted by Crippen LogP contribution is 2.39. The van der Waals surface area contributed by atoms with Gasteiger partial charge in [0.15, 0.2) is 11.6 Å². The summed E-state index contributed by atoms with van der Waals surface area (Å²) in [6.45, 7) is 2.25. The molecule has 1 amide bonds. The highest BCUT2D eigenvalue weighted by Gasteiger charge is 2.25. The average Bonchev–Trinajstić information content (AvgIpc) is 3.39. The Balaban J connectivity index is 1.91. The minimum Gasteiger partial charge on any atom is -0.494 e. The predicted molar refractivity (Wildman–Crippen MR) is 97.3 cm³/mol. The van der Waals surface area contributed by atoms with Crippen molar-refractivity contribution in [3.63, 3.8) is 0 Å². The standard InChI is InChI=1S/C19H19FN4O3/c1-9-15(19(21)25)17-18(24-9)16(22-8-23-17)11-5-14(26-2)12(20)6-13(11)27-7-10-3-4-10/h5-6,8,10,24H,3-4,7H2,1-2H3,(H2,21,25). The van der Waals surface area contributed by atoms with E-state index < -0.39 is 11.7 Å². The number of nitrogens with two attached hydrogens (primary N) is 1. The average molecular weight is 370 g/mol. The Kier molecular flexibility index (Phi) is 4.18. The van der Waals surface area contributed by atoms with Gasteiger partial charge in [0.2, 0.25) is 0 Å². The van der Waals surface area contributed by atoms with Gasteiger partial charge in [0, 0.05) is 17.3 Å². The third-order valence-electron chi connectivity index (χ3n) is 4.70. The molecular formula is C19H19FN4O3. The van der Waals surface area contributed by atoms with Crippen molar-refractivity contribution in [1.82, 2.24) is 15.0 Å². The molecule has 1 aliphatic rings. The molecule has 8 heteroatoms. The second kappa shape index (κ2) is 6.53. The maximum absolute atomic E-state index is 14.3. The van der Waals surface area contributed by atoms with Crippen LogP contribution in [-0.4, -0.2) is 34.6 Å². The van der Waals surface area contributed by atoms with E-state index >= 15 is 0 Å². The second-order valence-electron chi connectivity index (χ2n) is 6.67. The number of aromatic amines is 1. The Morgan fingerprint density at radius 2 is 2.11 bits per heavy atom. The molecule has 0 bridgehead atoms. The molecule has 4 rings (SSSR count). The number of H-pyrrole nitrogens is 1. The molecule has 140 valence electrons. The number of carbonyl (C=O) groups excluding carboxylic acids is 1. The van der Waals surface area contributed by atoms with Crippen molar-refractivity contribution < 1.29 is 18.7 Å². The fourth-order valence-corrected chi connectivity index (χ4v) is 3.12. The highest BCUT2D eigenvalue weighted by atomic mass is 19.1. The fraction of sp³-hybridized carbons (Fsp3) is 0.316. The first-order chi connectivity index (χ1) is 13.0. The minimum atomic E-state index is -0.578. The Hall–Kier alpha value is -3.16. The normalized spacial score (nSPS) is 13.7. The summed E-state index contributed by atoms with van der Waals surface area (Å²) in [4.78, 5) is 23.4. The molecule has 0 spiro atoms. The molecule has 7 nitrogen and oxygen atoms in total. The van der Waals surface area contributed by atoms with Crippen LogP contribution >= 0.6 is 0 Å². The van der Waals surface area contributed by atoms with Gasteiger partial charge in [0.25, 0.3) is 5.91 Å². The number of ether oxygens (including phenoxy) is 2. The second-order valence-corrected chi connectivity index (χ2v) is 6.67. The number of rotatable bonds is 6. The number of methoxy groups -OCH3 is 1. The summed E-state index contributed by atoms with van der Waals surface area (Å²) in [7, 11) is 1.40. The molecule has 0 aliphatic heterocycles. The van der Waals surface area contributed by atoms with Crippen LogP contribution in [0.3, 0.4) is 0 Å². The van der Waals surface area contributed by atoms with Crippen molar-refractivity contribution in [2.75, 3.05) is 13.7 Å². The molecule has 2 heterocycles. The molecule has 3 N–H and O–H groups in total. The topological polar surface area (TPSA) is 103 Å². The number of benzene rings is 1. The fourth-order valence-electron chi connectivity index (χ4n) is 3.12. The monoisotopic (exact) mass is 370 g/mol. The van der Waals surface area contributed by atoms with Crippen LogP contribution in [0.4, 0.5) is 4.39 Å². The molecule has 0 unspecified atom stereocenters. The molecule has 0 radical (unpaired) electrons.